The maximum absolute atomic E-state index is 13.0. The van der Waals surface area contributed by atoms with Gasteiger partial charge in [-0.15, -0.1) is 0 Å². The van der Waals surface area contributed by atoms with E-state index in [2.05, 4.69) is 0 Å². The highest BCUT2D eigenvalue weighted by Gasteiger charge is 2.34. The van der Waals surface area contributed by atoms with Crippen molar-refractivity contribution in [3.8, 4) is 0 Å². The van der Waals surface area contributed by atoms with Crippen LogP contribution in [0, 0.1) is 17.7 Å². The molecule has 144 valence electrons. The Morgan fingerprint density at radius 2 is 1.96 bits per heavy atom. The number of carbonyl (C=O) groups excluding carboxylic acids is 1. The molecule has 2 rings (SSSR count). The van der Waals surface area contributed by atoms with E-state index in [0.717, 1.165) is 12.1 Å². The van der Waals surface area contributed by atoms with Crippen LogP contribution in [0.25, 0.3) is 0 Å². The van der Waals surface area contributed by atoms with Gasteiger partial charge >= 0.3 is 5.97 Å². The van der Waals surface area contributed by atoms with Crippen LogP contribution in [0.5, 0.6) is 0 Å². The molecule has 1 amide bonds. The van der Waals surface area contributed by atoms with Crippen LogP contribution < -0.4 is 0 Å². The van der Waals surface area contributed by atoms with Gasteiger partial charge in [-0.1, -0.05) is 6.92 Å². The number of piperidine rings is 1. The zero-order valence-electron chi connectivity index (χ0n) is 14.8. The van der Waals surface area contributed by atoms with Crippen LogP contribution in [0.1, 0.15) is 19.8 Å². The van der Waals surface area contributed by atoms with Gasteiger partial charge in [0.1, 0.15) is 5.82 Å². The highest BCUT2D eigenvalue weighted by molar-refractivity contribution is 7.89. The Balaban J connectivity index is 2.09. The molecule has 1 saturated heterocycles. The number of benzene rings is 1. The second-order valence-corrected chi connectivity index (χ2v) is 8.55. The van der Waals surface area contributed by atoms with Crippen molar-refractivity contribution in [3.63, 3.8) is 0 Å². The Morgan fingerprint density at radius 1 is 1.35 bits per heavy atom. The average molecular weight is 386 g/mol. The van der Waals surface area contributed by atoms with E-state index in [4.69, 9.17) is 5.11 Å². The van der Waals surface area contributed by atoms with E-state index in [1.165, 1.54) is 35.3 Å². The molecule has 1 heterocycles. The summed E-state index contributed by atoms with van der Waals surface area (Å²) in [6.45, 7) is 1.90. The van der Waals surface area contributed by atoms with Crippen LogP contribution in [0.15, 0.2) is 29.2 Å². The predicted molar refractivity (Wildman–Crippen MR) is 92.3 cm³/mol. The van der Waals surface area contributed by atoms with Crippen LogP contribution in [-0.4, -0.2) is 61.3 Å². The molecule has 2 atom stereocenters. The summed E-state index contributed by atoms with van der Waals surface area (Å²) >= 11 is 0. The van der Waals surface area contributed by atoms with Gasteiger partial charge in [0.25, 0.3) is 0 Å². The number of amides is 1. The van der Waals surface area contributed by atoms with E-state index < -0.39 is 33.6 Å². The van der Waals surface area contributed by atoms with Crippen molar-refractivity contribution >= 4 is 21.9 Å². The van der Waals surface area contributed by atoms with E-state index >= 15 is 0 Å². The number of hydrogen-bond acceptors (Lipinski definition) is 4. The molecule has 1 aliphatic rings. The fourth-order valence-electron chi connectivity index (χ4n) is 3.01. The molecule has 26 heavy (non-hydrogen) atoms. The van der Waals surface area contributed by atoms with E-state index in [1.807, 2.05) is 0 Å². The van der Waals surface area contributed by atoms with Crippen LogP contribution >= 0.6 is 0 Å². The third-order valence-corrected chi connectivity index (χ3v) is 6.41. The molecule has 0 saturated carbocycles. The molecular formula is C17H23FN2O5S. The Bertz CT molecular complexity index is 766. The van der Waals surface area contributed by atoms with Gasteiger partial charge in [0.2, 0.25) is 15.9 Å². The first-order chi connectivity index (χ1) is 12.1. The molecule has 9 heteroatoms. The first kappa shape index (κ1) is 20.3. The number of carboxylic acid groups (broad SMARTS) is 1. The molecular weight excluding hydrogens is 363 g/mol. The van der Waals surface area contributed by atoms with Crippen LogP contribution in [-0.2, 0) is 19.6 Å². The van der Waals surface area contributed by atoms with E-state index in [1.54, 1.807) is 0 Å². The van der Waals surface area contributed by atoms with Gasteiger partial charge in [-0.25, -0.2) is 12.8 Å². The standard InChI is InChI=1S/C17H23FN2O5S/c1-12(17(22)23)10-19(2)16(21)13-4-3-9-20(11-13)26(24,25)15-7-5-14(18)6-8-15/h5-8,12-13H,3-4,9-11H2,1-2H3,(H,22,23). The zero-order valence-corrected chi connectivity index (χ0v) is 15.6. The third kappa shape index (κ3) is 4.59. The lowest BCUT2D eigenvalue weighted by molar-refractivity contribution is -0.143. The number of sulfonamides is 1. The lowest BCUT2D eigenvalue weighted by Gasteiger charge is -2.33. The van der Waals surface area contributed by atoms with Gasteiger partial charge in [0, 0.05) is 26.7 Å². The summed E-state index contributed by atoms with van der Waals surface area (Å²) in [5.74, 6) is -3.01. The lowest BCUT2D eigenvalue weighted by Crippen LogP contribution is -2.46. The predicted octanol–water partition coefficient (Wildman–Crippen LogP) is 1.41. The molecule has 1 aromatic rings. The van der Waals surface area contributed by atoms with Crippen LogP contribution in [0.3, 0.4) is 0 Å². The van der Waals surface area contributed by atoms with Crippen molar-refractivity contribution in [3.05, 3.63) is 30.1 Å². The fourth-order valence-corrected chi connectivity index (χ4v) is 4.53. The lowest BCUT2D eigenvalue weighted by atomic mass is 9.98. The number of rotatable bonds is 6. The van der Waals surface area contributed by atoms with E-state index in [9.17, 15) is 22.4 Å². The van der Waals surface area contributed by atoms with Crippen molar-refractivity contribution in [2.75, 3.05) is 26.7 Å². The number of aliphatic carboxylic acids is 1. The number of nitrogens with zero attached hydrogens (tertiary/aromatic N) is 2. The summed E-state index contributed by atoms with van der Waals surface area (Å²) < 4.78 is 39.7. The van der Waals surface area contributed by atoms with Crippen molar-refractivity contribution in [2.24, 2.45) is 11.8 Å². The Morgan fingerprint density at radius 3 is 2.54 bits per heavy atom. The minimum atomic E-state index is -3.81. The zero-order chi connectivity index (χ0) is 19.5. The Kier molecular flexibility index (Phi) is 6.35. The first-order valence-electron chi connectivity index (χ1n) is 8.36. The van der Waals surface area contributed by atoms with Gasteiger partial charge in [-0.2, -0.15) is 4.31 Å². The molecule has 0 spiro atoms. The summed E-state index contributed by atoms with van der Waals surface area (Å²) in [6.07, 6.45) is 1.07. The highest BCUT2D eigenvalue weighted by atomic mass is 32.2. The maximum atomic E-state index is 13.0. The van der Waals surface area contributed by atoms with Crippen molar-refractivity contribution in [1.29, 1.82) is 0 Å². The molecule has 0 aliphatic carbocycles. The minimum absolute atomic E-state index is 0.0140. The Labute approximate surface area is 152 Å². The monoisotopic (exact) mass is 386 g/mol. The maximum Gasteiger partial charge on any atom is 0.308 e. The van der Waals surface area contributed by atoms with Crippen molar-refractivity contribution < 1.29 is 27.5 Å². The molecule has 1 fully saturated rings. The minimum Gasteiger partial charge on any atom is -0.481 e. The first-order valence-corrected chi connectivity index (χ1v) is 9.80. The van der Waals surface area contributed by atoms with Gasteiger partial charge in [0.15, 0.2) is 0 Å². The number of carbonyl (C=O) groups is 2. The van der Waals surface area contributed by atoms with E-state index in [0.29, 0.717) is 19.4 Å². The molecule has 0 radical (unpaired) electrons. The van der Waals surface area contributed by atoms with Crippen LogP contribution in [0.4, 0.5) is 4.39 Å². The molecule has 0 aromatic heterocycles. The van der Waals surface area contributed by atoms with Crippen molar-refractivity contribution in [2.45, 2.75) is 24.7 Å². The number of carboxylic acids is 1. The molecule has 1 aliphatic heterocycles. The number of hydrogen-bond donors (Lipinski definition) is 1. The molecule has 0 bridgehead atoms. The second-order valence-electron chi connectivity index (χ2n) is 6.61. The normalized spacial score (nSPS) is 19.7. The third-order valence-electron chi connectivity index (χ3n) is 4.53. The topological polar surface area (TPSA) is 95.0 Å². The summed E-state index contributed by atoms with van der Waals surface area (Å²) in [5.41, 5.74) is 0. The molecule has 1 aromatic carbocycles. The fraction of sp³-hybridized carbons (Fsp3) is 0.529. The van der Waals surface area contributed by atoms with Crippen molar-refractivity contribution in [1.82, 2.24) is 9.21 Å². The Hall–Kier alpha value is -2.00. The summed E-state index contributed by atoms with van der Waals surface area (Å²) in [7, 11) is -2.28. The van der Waals surface area contributed by atoms with E-state index in [-0.39, 0.29) is 23.9 Å². The molecule has 7 nitrogen and oxygen atoms in total. The summed E-state index contributed by atoms with van der Waals surface area (Å²) in [6, 6.07) is 4.58. The SMILES string of the molecule is CC(CN(C)C(=O)C1CCCN(S(=O)(=O)c2ccc(F)cc2)C1)C(=O)O. The smallest absolute Gasteiger partial charge is 0.308 e. The average Bonchev–Trinajstić information content (AvgIpc) is 2.61. The van der Waals surface area contributed by atoms with Gasteiger partial charge in [-0.3, -0.25) is 9.59 Å². The quantitative estimate of drug-likeness (QED) is 0.798. The summed E-state index contributed by atoms with van der Waals surface area (Å²) in [4.78, 5) is 24.8. The highest BCUT2D eigenvalue weighted by Crippen LogP contribution is 2.25. The van der Waals surface area contributed by atoms with Crippen LogP contribution in [0.2, 0.25) is 0 Å². The van der Waals surface area contributed by atoms with Gasteiger partial charge in [-0.05, 0) is 37.1 Å². The van der Waals surface area contributed by atoms with Gasteiger partial charge in [0.05, 0.1) is 16.7 Å². The second kappa shape index (κ2) is 8.13. The summed E-state index contributed by atoms with van der Waals surface area (Å²) in [5, 5.41) is 8.97. The molecule has 1 N–H and O–H groups in total. The molecule has 2 unspecified atom stereocenters. The number of halogens is 1. The largest absolute Gasteiger partial charge is 0.481 e. The van der Waals surface area contributed by atoms with Gasteiger partial charge < -0.3 is 10.0 Å².